The quantitative estimate of drug-likeness (QED) is 0.586. The van der Waals surface area contributed by atoms with Gasteiger partial charge in [-0.05, 0) is 12.8 Å². The number of hydrogen-bond donors (Lipinski definition) is 0. The first-order valence-corrected chi connectivity index (χ1v) is 5.33. The number of hydrogen-bond acceptors (Lipinski definition) is 1. The lowest BCUT2D eigenvalue weighted by molar-refractivity contribution is 0.612. The second-order valence-corrected chi connectivity index (χ2v) is 4.73. The molecular formula is C11H14S. The molecule has 2 atom stereocenters. The molecule has 0 aliphatic carbocycles. The van der Waals surface area contributed by atoms with Gasteiger partial charge in [0.25, 0.3) is 0 Å². The maximum Gasteiger partial charge on any atom is 0.0205 e. The molecule has 1 heterocycles. The molecule has 0 nitrogen and oxygen atoms in total. The molecule has 1 saturated heterocycles. The highest BCUT2D eigenvalue weighted by Gasteiger charge is 2.20. The van der Waals surface area contributed by atoms with E-state index in [2.05, 4.69) is 11.8 Å². The molecule has 2 unspecified atom stereocenters. The van der Waals surface area contributed by atoms with E-state index in [-0.39, 0.29) is 0 Å². The van der Waals surface area contributed by atoms with E-state index in [9.17, 15) is 0 Å². The Labute approximate surface area is 79.5 Å². The van der Waals surface area contributed by atoms with E-state index >= 15 is 0 Å². The van der Waals surface area contributed by atoms with E-state index in [1.54, 1.807) is 0 Å². The third-order valence-corrected chi connectivity index (χ3v) is 3.70. The van der Waals surface area contributed by atoms with Crippen LogP contribution in [-0.2, 0) is 0 Å². The summed E-state index contributed by atoms with van der Waals surface area (Å²) in [4.78, 5) is 0. The summed E-state index contributed by atoms with van der Waals surface area (Å²) in [6, 6.07) is 0. The predicted octanol–water partition coefficient (Wildman–Crippen LogP) is 2.69. The summed E-state index contributed by atoms with van der Waals surface area (Å²) in [5, 5.41) is 1.34. The van der Waals surface area contributed by atoms with Crippen LogP contribution in [0.2, 0.25) is 0 Å². The molecule has 1 rings (SSSR count). The third kappa shape index (κ3) is 2.84. The largest absolute Gasteiger partial charge is 0.153 e. The summed E-state index contributed by atoms with van der Waals surface area (Å²) < 4.78 is 0. The van der Waals surface area contributed by atoms with Crippen molar-refractivity contribution in [1.82, 2.24) is 0 Å². The van der Waals surface area contributed by atoms with Crippen molar-refractivity contribution in [3.05, 3.63) is 0 Å². The Bertz CT molecular complexity index is 184. The van der Waals surface area contributed by atoms with Crippen LogP contribution in [0.3, 0.4) is 0 Å². The summed E-state index contributed by atoms with van der Waals surface area (Å²) in [7, 11) is 0. The van der Waals surface area contributed by atoms with E-state index in [1.165, 1.54) is 19.3 Å². The predicted molar refractivity (Wildman–Crippen MR) is 55.9 cm³/mol. The summed E-state index contributed by atoms with van der Waals surface area (Å²) in [5.74, 6) is 5.46. The Balaban J connectivity index is 2.32. The molecule has 64 valence electrons. The van der Waals surface area contributed by atoms with E-state index < -0.39 is 0 Å². The highest BCUT2D eigenvalue weighted by molar-refractivity contribution is 8.00. The van der Waals surface area contributed by atoms with Crippen molar-refractivity contribution >= 4 is 11.8 Å². The molecule has 0 spiro atoms. The third-order valence-electron chi connectivity index (χ3n) is 2.13. The molecule has 0 aromatic rings. The number of terminal acetylenes is 2. The van der Waals surface area contributed by atoms with Crippen molar-refractivity contribution in [2.75, 3.05) is 0 Å². The molecular weight excluding hydrogens is 164 g/mol. The zero-order chi connectivity index (χ0) is 8.81. The molecule has 0 aromatic heterocycles. The maximum atomic E-state index is 5.28. The topological polar surface area (TPSA) is 0 Å². The van der Waals surface area contributed by atoms with Gasteiger partial charge in [0.15, 0.2) is 0 Å². The molecule has 1 heteroatoms. The molecule has 1 fully saturated rings. The molecule has 0 bridgehead atoms. The fourth-order valence-electron chi connectivity index (χ4n) is 1.54. The van der Waals surface area contributed by atoms with E-state index in [1.807, 2.05) is 11.8 Å². The van der Waals surface area contributed by atoms with Crippen LogP contribution in [0.5, 0.6) is 0 Å². The van der Waals surface area contributed by atoms with E-state index in [4.69, 9.17) is 12.8 Å². The number of rotatable bonds is 2. The van der Waals surface area contributed by atoms with Gasteiger partial charge in [0, 0.05) is 23.3 Å². The average molecular weight is 178 g/mol. The van der Waals surface area contributed by atoms with E-state index in [0.29, 0.717) is 10.5 Å². The van der Waals surface area contributed by atoms with Gasteiger partial charge in [-0.2, -0.15) is 11.8 Å². The zero-order valence-electron chi connectivity index (χ0n) is 7.25. The minimum atomic E-state index is 0.669. The second kappa shape index (κ2) is 5.18. The van der Waals surface area contributed by atoms with Crippen LogP contribution in [0, 0.1) is 24.7 Å². The summed E-state index contributed by atoms with van der Waals surface area (Å²) in [6.07, 6.45) is 16.2. The normalized spacial score (nSPS) is 28.8. The highest BCUT2D eigenvalue weighted by Crippen LogP contribution is 2.34. The lowest BCUT2D eigenvalue weighted by atomic mass is 10.1. The van der Waals surface area contributed by atoms with Crippen LogP contribution in [-0.4, -0.2) is 10.5 Å². The van der Waals surface area contributed by atoms with Crippen LogP contribution in [0.15, 0.2) is 0 Å². The smallest absolute Gasteiger partial charge is 0.0205 e. The van der Waals surface area contributed by atoms with Gasteiger partial charge in [-0.25, -0.2) is 0 Å². The van der Waals surface area contributed by atoms with Gasteiger partial charge < -0.3 is 0 Å². The van der Waals surface area contributed by atoms with E-state index in [0.717, 1.165) is 12.8 Å². The first-order chi connectivity index (χ1) is 5.86. The summed E-state index contributed by atoms with van der Waals surface area (Å²) >= 11 is 2.00. The maximum absolute atomic E-state index is 5.28. The standard InChI is InChI=1S/C11H14S/c1-3-6-10-8-5-9-11(12-10)7-4-2/h1-2,10-11H,5-9H2. The van der Waals surface area contributed by atoms with Crippen LogP contribution in [0.25, 0.3) is 0 Å². The fraction of sp³-hybridized carbons (Fsp3) is 0.636. The van der Waals surface area contributed by atoms with Gasteiger partial charge in [0.05, 0.1) is 0 Å². The minimum absolute atomic E-state index is 0.669. The van der Waals surface area contributed by atoms with Crippen LogP contribution in [0.4, 0.5) is 0 Å². The Morgan fingerprint density at radius 1 is 1.08 bits per heavy atom. The molecule has 12 heavy (non-hydrogen) atoms. The first kappa shape index (κ1) is 9.56. The van der Waals surface area contributed by atoms with Crippen molar-refractivity contribution in [2.24, 2.45) is 0 Å². The van der Waals surface area contributed by atoms with Crippen LogP contribution >= 0.6 is 11.8 Å². The van der Waals surface area contributed by atoms with Gasteiger partial charge in [0.1, 0.15) is 0 Å². The zero-order valence-corrected chi connectivity index (χ0v) is 8.07. The molecule has 0 N–H and O–H groups in total. The lowest BCUT2D eigenvalue weighted by Gasteiger charge is -2.26. The molecule has 1 aliphatic heterocycles. The SMILES string of the molecule is C#CCC1CCCC(CC#C)S1. The van der Waals surface area contributed by atoms with Crippen molar-refractivity contribution in [3.63, 3.8) is 0 Å². The molecule has 0 saturated carbocycles. The van der Waals surface area contributed by atoms with Crippen LogP contribution in [0.1, 0.15) is 32.1 Å². The monoisotopic (exact) mass is 178 g/mol. The Hall–Kier alpha value is -0.530. The second-order valence-electron chi connectivity index (χ2n) is 3.13. The molecule has 0 amide bonds. The first-order valence-electron chi connectivity index (χ1n) is 4.39. The number of thioether (sulfide) groups is 1. The van der Waals surface area contributed by atoms with Gasteiger partial charge >= 0.3 is 0 Å². The summed E-state index contributed by atoms with van der Waals surface area (Å²) in [6.45, 7) is 0. The highest BCUT2D eigenvalue weighted by atomic mass is 32.2. The van der Waals surface area contributed by atoms with Gasteiger partial charge in [0.2, 0.25) is 0 Å². The fourth-order valence-corrected chi connectivity index (χ4v) is 3.08. The van der Waals surface area contributed by atoms with Gasteiger partial charge in [-0.1, -0.05) is 6.42 Å². The van der Waals surface area contributed by atoms with Crippen molar-refractivity contribution < 1.29 is 0 Å². The molecule has 0 radical (unpaired) electrons. The molecule has 1 aliphatic rings. The van der Waals surface area contributed by atoms with Crippen molar-refractivity contribution in [2.45, 2.75) is 42.6 Å². The lowest BCUT2D eigenvalue weighted by Crippen LogP contribution is -2.16. The van der Waals surface area contributed by atoms with Crippen molar-refractivity contribution in [3.8, 4) is 24.7 Å². The Kier molecular flexibility index (Phi) is 4.12. The van der Waals surface area contributed by atoms with Crippen molar-refractivity contribution in [1.29, 1.82) is 0 Å². The minimum Gasteiger partial charge on any atom is -0.153 e. The van der Waals surface area contributed by atoms with Gasteiger partial charge in [-0.15, -0.1) is 24.7 Å². The Morgan fingerprint density at radius 2 is 1.58 bits per heavy atom. The average Bonchev–Trinajstić information content (AvgIpc) is 2.06. The Morgan fingerprint density at radius 3 is 2.00 bits per heavy atom. The molecule has 0 aromatic carbocycles. The van der Waals surface area contributed by atoms with Gasteiger partial charge in [-0.3, -0.25) is 0 Å². The van der Waals surface area contributed by atoms with Crippen LogP contribution < -0.4 is 0 Å². The summed E-state index contributed by atoms with van der Waals surface area (Å²) in [5.41, 5.74) is 0.